The highest BCUT2D eigenvalue weighted by Gasteiger charge is 2.21. The summed E-state index contributed by atoms with van der Waals surface area (Å²) in [5.74, 6) is 0.638. The van der Waals surface area contributed by atoms with Gasteiger partial charge >= 0.3 is 5.97 Å². The number of nitrogens with zero attached hydrogens (tertiary/aromatic N) is 3. The number of rotatable bonds is 6. The maximum Gasteiger partial charge on any atom is 0.353 e. The molecule has 0 saturated carbocycles. The fourth-order valence-electron chi connectivity index (χ4n) is 4.70. The van der Waals surface area contributed by atoms with Crippen LogP contribution in [0.5, 0.6) is 11.5 Å². The van der Waals surface area contributed by atoms with Crippen LogP contribution < -0.4 is 4.74 Å². The lowest BCUT2D eigenvalue weighted by atomic mass is 9.88. The van der Waals surface area contributed by atoms with Gasteiger partial charge in [-0.15, -0.1) is 0 Å². The molecule has 1 fully saturated rings. The molecule has 2 aromatic heterocycles. The van der Waals surface area contributed by atoms with Gasteiger partial charge in [0.1, 0.15) is 22.8 Å². The number of hydrogen-bond acceptors (Lipinski definition) is 4. The number of aromatic nitrogens is 2. The van der Waals surface area contributed by atoms with Crippen molar-refractivity contribution >= 4 is 23.2 Å². The highest BCUT2D eigenvalue weighted by molar-refractivity contribution is 6.30. The van der Waals surface area contributed by atoms with Crippen LogP contribution in [-0.4, -0.2) is 38.4 Å². The van der Waals surface area contributed by atoms with Gasteiger partial charge in [-0.3, -0.25) is 9.30 Å². The summed E-state index contributed by atoms with van der Waals surface area (Å²) < 4.78 is 7.46. The van der Waals surface area contributed by atoms with E-state index in [1.807, 2.05) is 18.2 Å². The Hall–Kier alpha value is -3.35. The molecule has 0 amide bonds. The average molecular weight is 476 g/mol. The molecule has 0 spiro atoms. The predicted molar refractivity (Wildman–Crippen MR) is 132 cm³/mol. The van der Waals surface area contributed by atoms with Gasteiger partial charge < -0.3 is 9.84 Å². The summed E-state index contributed by atoms with van der Waals surface area (Å²) >= 11 is 6.26. The summed E-state index contributed by atoms with van der Waals surface area (Å²) in [5, 5.41) is 10.3. The maximum atomic E-state index is 11.6. The topological polar surface area (TPSA) is 67.1 Å². The first kappa shape index (κ1) is 22.4. The lowest BCUT2D eigenvalue weighted by molar-refractivity contribution is 0.0688. The maximum absolute atomic E-state index is 11.6. The first-order valence-corrected chi connectivity index (χ1v) is 11.8. The number of pyridine rings is 1. The van der Waals surface area contributed by atoms with Crippen LogP contribution in [0.1, 0.15) is 45.9 Å². The number of piperidine rings is 1. The van der Waals surface area contributed by atoms with E-state index in [9.17, 15) is 9.90 Å². The molecule has 1 aliphatic heterocycles. The Balaban J connectivity index is 1.20. The average Bonchev–Trinajstić information content (AvgIpc) is 3.28. The van der Waals surface area contributed by atoms with Crippen LogP contribution >= 0.6 is 11.6 Å². The Morgan fingerprint density at radius 3 is 2.56 bits per heavy atom. The SMILES string of the molecule is Cc1cc(Cl)cc(C2CCN(Cc3ccc(Oc4cc(C(=O)O)n5ccnc5c4)cc3)CC2)c1. The van der Waals surface area contributed by atoms with Crippen molar-refractivity contribution in [1.82, 2.24) is 14.3 Å². The van der Waals surface area contributed by atoms with Crippen molar-refractivity contribution in [2.45, 2.75) is 32.2 Å². The number of fused-ring (bicyclic) bond motifs is 1. The number of likely N-dealkylation sites (tertiary alicyclic amines) is 1. The first-order valence-electron chi connectivity index (χ1n) is 11.4. The standard InChI is InChI=1S/C27H26ClN3O3/c1-18-12-21(14-22(28)13-18)20-6-9-30(10-7-20)17-19-2-4-23(5-3-19)34-24-15-25(27(32)33)31-11-8-29-26(31)16-24/h2-5,8,11-16,20H,6-7,9-10,17H2,1H3,(H,32,33). The Labute approximate surface area is 203 Å². The van der Waals surface area contributed by atoms with Crippen LogP contribution in [0.3, 0.4) is 0 Å². The van der Waals surface area contributed by atoms with Crippen molar-refractivity contribution in [3.05, 3.63) is 94.4 Å². The quantitative estimate of drug-likeness (QED) is 0.361. The molecule has 6 nitrogen and oxygen atoms in total. The summed E-state index contributed by atoms with van der Waals surface area (Å²) in [5.41, 5.74) is 4.43. The molecular formula is C27H26ClN3O3. The largest absolute Gasteiger partial charge is 0.477 e. The van der Waals surface area contributed by atoms with E-state index in [4.69, 9.17) is 16.3 Å². The fraction of sp³-hybridized carbons (Fsp3) is 0.259. The Bertz CT molecular complexity index is 1300. The number of carboxylic acid groups (broad SMARTS) is 1. The van der Waals surface area contributed by atoms with E-state index in [0.717, 1.165) is 37.5 Å². The summed E-state index contributed by atoms with van der Waals surface area (Å²) in [6.45, 7) is 5.09. The van der Waals surface area contributed by atoms with Crippen molar-refractivity contribution in [1.29, 1.82) is 0 Å². The highest BCUT2D eigenvalue weighted by atomic mass is 35.5. The van der Waals surface area contributed by atoms with E-state index in [-0.39, 0.29) is 5.69 Å². The number of halogens is 1. The Morgan fingerprint density at radius 1 is 1.09 bits per heavy atom. The van der Waals surface area contributed by atoms with Gasteiger partial charge in [-0.05, 0) is 79.7 Å². The molecule has 3 heterocycles. The van der Waals surface area contributed by atoms with Crippen molar-refractivity contribution < 1.29 is 14.6 Å². The van der Waals surface area contributed by atoms with Crippen LogP contribution in [0, 0.1) is 6.92 Å². The van der Waals surface area contributed by atoms with E-state index in [2.05, 4.69) is 41.1 Å². The van der Waals surface area contributed by atoms with Crippen LogP contribution in [0.4, 0.5) is 0 Å². The Kier molecular flexibility index (Phi) is 6.26. The van der Waals surface area contributed by atoms with E-state index in [1.165, 1.54) is 27.2 Å². The third kappa shape index (κ3) is 4.93. The molecule has 5 rings (SSSR count). The van der Waals surface area contributed by atoms with Crippen molar-refractivity contribution in [3.8, 4) is 11.5 Å². The molecule has 1 N–H and O–H groups in total. The van der Waals surface area contributed by atoms with Crippen LogP contribution in [0.2, 0.25) is 5.02 Å². The minimum Gasteiger partial charge on any atom is -0.477 e. The van der Waals surface area contributed by atoms with Crippen LogP contribution in [-0.2, 0) is 6.54 Å². The molecular weight excluding hydrogens is 450 g/mol. The summed E-state index contributed by atoms with van der Waals surface area (Å²) in [4.78, 5) is 18.2. The number of benzene rings is 2. The number of carboxylic acids is 1. The minimum absolute atomic E-state index is 0.109. The van der Waals surface area contributed by atoms with Crippen molar-refractivity contribution in [3.63, 3.8) is 0 Å². The van der Waals surface area contributed by atoms with E-state index < -0.39 is 5.97 Å². The number of ether oxygens (including phenoxy) is 1. The smallest absolute Gasteiger partial charge is 0.353 e. The normalized spacial score (nSPS) is 15.0. The Morgan fingerprint density at radius 2 is 1.85 bits per heavy atom. The summed E-state index contributed by atoms with van der Waals surface area (Å²) in [6.07, 6.45) is 5.45. The third-order valence-corrected chi connectivity index (χ3v) is 6.61. The second-order valence-electron chi connectivity index (χ2n) is 8.90. The molecule has 174 valence electrons. The number of aromatic carboxylic acids is 1. The summed E-state index contributed by atoms with van der Waals surface area (Å²) in [6, 6.07) is 17.6. The molecule has 1 aliphatic rings. The van der Waals surface area contributed by atoms with Crippen LogP contribution in [0.25, 0.3) is 5.65 Å². The van der Waals surface area contributed by atoms with Gasteiger partial charge in [0.15, 0.2) is 0 Å². The monoisotopic (exact) mass is 475 g/mol. The molecule has 0 aliphatic carbocycles. The molecule has 2 aromatic carbocycles. The van der Waals surface area contributed by atoms with Gasteiger partial charge in [-0.1, -0.05) is 29.8 Å². The lowest BCUT2D eigenvalue weighted by Crippen LogP contribution is -2.32. The fourth-order valence-corrected chi connectivity index (χ4v) is 5.00. The zero-order valence-electron chi connectivity index (χ0n) is 18.9. The molecule has 4 aromatic rings. The van der Waals surface area contributed by atoms with Gasteiger partial charge in [0.25, 0.3) is 0 Å². The number of hydrogen-bond donors (Lipinski definition) is 1. The number of imidazole rings is 1. The van der Waals surface area contributed by atoms with E-state index >= 15 is 0 Å². The van der Waals surface area contributed by atoms with E-state index in [1.54, 1.807) is 18.5 Å². The first-order chi connectivity index (χ1) is 16.4. The van der Waals surface area contributed by atoms with Crippen molar-refractivity contribution in [2.24, 2.45) is 0 Å². The minimum atomic E-state index is -1.03. The second kappa shape index (κ2) is 9.49. The predicted octanol–water partition coefficient (Wildman–Crippen LogP) is 6.17. The van der Waals surface area contributed by atoms with E-state index in [0.29, 0.717) is 23.1 Å². The number of aryl methyl sites for hydroxylation is 1. The molecule has 7 heteroatoms. The zero-order valence-corrected chi connectivity index (χ0v) is 19.7. The van der Waals surface area contributed by atoms with Gasteiger partial charge in [0.05, 0.1) is 0 Å². The lowest BCUT2D eigenvalue weighted by Gasteiger charge is -2.32. The molecule has 0 atom stereocenters. The molecule has 0 radical (unpaired) electrons. The van der Waals surface area contributed by atoms with Gasteiger partial charge in [-0.25, -0.2) is 9.78 Å². The molecule has 34 heavy (non-hydrogen) atoms. The highest BCUT2D eigenvalue weighted by Crippen LogP contribution is 2.31. The summed E-state index contributed by atoms with van der Waals surface area (Å²) in [7, 11) is 0. The molecule has 0 bridgehead atoms. The van der Waals surface area contributed by atoms with Gasteiger partial charge in [-0.2, -0.15) is 0 Å². The van der Waals surface area contributed by atoms with Gasteiger partial charge in [0.2, 0.25) is 0 Å². The zero-order chi connectivity index (χ0) is 23.7. The second-order valence-corrected chi connectivity index (χ2v) is 9.33. The third-order valence-electron chi connectivity index (χ3n) is 6.39. The van der Waals surface area contributed by atoms with Crippen molar-refractivity contribution in [2.75, 3.05) is 13.1 Å². The van der Waals surface area contributed by atoms with Gasteiger partial charge in [0, 0.05) is 36.1 Å². The van der Waals surface area contributed by atoms with Crippen LogP contribution in [0.15, 0.2) is 67.0 Å². The molecule has 1 saturated heterocycles. The number of carbonyl (C=O) groups is 1. The molecule has 0 unspecified atom stereocenters.